The van der Waals surface area contributed by atoms with Crippen LogP contribution in [-0.2, 0) is 9.53 Å². The Bertz CT molecular complexity index is 481. The van der Waals surface area contributed by atoms with Gasteiger partial charge >= 0.3 is 5.97 Å². The van der Waals surface area contributed by atoms with E-state index in [1.807, 2.05) is 13.0 Å². The molecule has 0 amide bonds. The summed E-state index contributed by atoms with van der Waals surface area (Å²) < 4.78 is 10.6. The average molecular weight is 233 g/mol. The molecule has 0 radical (unpaired) electrons. The summed E-state index contributed by atoms with van der Waals surface area (Å²) in [7, 11) is 0. The molecule has 4 heteroatoms. The number of ether oxygens (including phenoxy) is 1. The van der Waals surface area contributed by atoms with Gasteiger partial charge in [-0.2, -0.15) is 0 Å². The number of esters is 1. The van der Waals surface area contributed by atoms with Gasteiger partial charge < -0.3 is 9.15 Å². The molecule has 0 saturated heterocycles. The Morgan fingerprint density at radius 2 is 2.06 bits per heavy atom. The van der Waals surface area contributed by atoms with Crippen LogP contribution in [0.5, 0.6) is 0 Å². The number of carbonyl (C=O) groups excluding carboxylic acids is 1. The highest BCUT2D eigenvalue weighted by Crippen LogP contribution is 2.37. The van der Waals surface area contributed by atoms with Crippen LogP contribution in [0.2, 0.25) is 0 Å². The Hall–Kier alpha value is -1.58. The van der Waals surface area contributed by atoms with E-state index in [0.717, 1.165) is 31.2 Å². The van der Waals surface area contributed by atoms with Gasteiger partial charge in [-0.15, -0.1) is 0 Å². The molecule has 3 rings (SSSR count). The SMILES string of the molecule is Cc1ccoc1C1=NC2(CCCCC2)C(=O)O1. The third-order valence-electron chi connectivity index (χ3n) is 3.62. The Morgan fingerprint density at radius 1 is 1.29 bits per heavy atom. The van der Waals surface area contributed by atoms with Gasteiger partial charge in [0.2, 0.25) is 0 Å². The molecule has 4 nitrogen and oxygen atoms in total. The Labute approximate surface area is 99.7 Å². The number of aliphatic imine (C=N–C) groups is 1. The highest BCUT2D eigenvalue weighted by molar-refractivity contribution is 6.07. The van der Waals surface area contributed by atoms with Crippen LogP contribution >= 0.6 is 0 Å². The molecule has 0 aromatic carbocycles. The molecule has 1 fully saturated rings. The average Bonchev–Trinajstić information content (AvgIpc) is 2.86. The van der Waals surface area contributed by atoms with Crippen molar-refractivity contribution in [2.45, 2.75) is 44.6 Å². The lowest BCUT2D eigenvalue weighted by Crippen LogP contribution is -2.35. The number of furan rings is 1. The second-order valence-electron chi connectivity index (χ2n) is 4.83. The fraction of sp³-hybridized carbons (Fsp3) is 0.538. The van der Waals surface area contributed by atoms with E-state index in [9.17, 15) is 4.79 Å². The maximum Gasteiger partial charge on any atom is 0.341 e. The van der Waals surface area contributed by atoms with Gasteiger partial charge in [0.1, 0.15) is 0 Å². The van der Waals surface area contributed by atoms with Gasteiger partial charge in [-0.05, 0) is 25.8 Å². The predicted molar refractivity (Wildman–Crippen MR) is 61.9 cm³/mol. The fourth-order valence-corrected chi connectivity index (χ4v) is 2.59. The summed E-state index contributed by atoms with van der Waals surface area (Å²) in [6.45, 7) is 1.92. The summed E-state index contributed by atoms with van der Waals surface area (Å²) in [6.07, 6.45) is 6.46. The number of rotatable bonds is 1. The van der Waals surface area contributed by atoms with Gasteiger partial charge in [0.25, 0.3) is 5.90 Å². The molecule has 0 unspecified atom stereocenters. The van der Waals surface area contributed by atoms with E-state index in [-0.39, 0.29) is 5.97 Å². The topological polar surface area (TPSA) is 51.8 Å². The van der Waals surface area contributed by atoms with E-state index < -0.39 is 5.54 Å². The molecular formula is C13H15NO3. The monoisotopic (exact) mass is 233 g/mol. The molecule has 1 aromatic heterocycles. The summed E-state index contributed by atoms with van der Waals surface area (Å²) >= 11 is 0. The maximum absolute atomic E-state index is 12.0. The van der Waals surface area contributed by atoms with E-state index in [1.54, 1.807) is 6.26 Å². The molecule has 1 aliphatic heterocycles. The first-order chi connectivity index (χ1) is 8.21. The normalized spacial score (nSPS) is 22.6. The van der Waals surface area contributed by atoms with Crippen LogP contribution in [0.25, 0.3) is 0 Å². The van der Waals surface area contributed by atoms with Crippen LogP contribution in [0.3, 0.4) is 0 Å². The van der Waals surface area contributed by atoms with E-state index in [4.69, 9.17) is 9.15 Å². The minimum absolute atomic E-state index is 0.206. The summed E-state index contributed by atoms with van der Waals surface area (Å²) in [5.74, 6) is 0.739. The van der Waals surface area contributed by atoms with Crippen molar-refractivity contribution in [3.63, 3.8) is 0 Å². The first-order valence-electron chi connectivity index (χ1n) is 6.08. The first kappa shape index (κ1) is 10.6. The molecule has 1 saturated carbocycles. The minimum Gasteiger partial charge on any atom is -0.459 e. The highest BCUT2D eigenvalue weighted by atomic mass is 16.6. The smallest absolute Gasteiger partial charge is 0.341 e. The third-order valence-corrected chi connectivity index (χ3v) is 3.62. The number of nitrogens with zero attached hydrogens (tertiary/aromatic N) is 1. The van der Waals surface area contributed by atoms with Gasteiger partial charge in [-0.1, -0.05) is 19.3 Å². The van der Waals surface area contributed by atoms with Crippen molar-refractivity contribution >= 4 is 11.9 Å². The van der Waals surface area contributed by atoms with Crippen LogP contribution in [0.4, 0.5) is 0 Å². The largest absolute Gasteiger partial charge is 0.459 e. The maximum atomic E-state index is 12.0. The number of cyclic esters (lactones) is 1. The lowest BCUT2D eigenvalue weighted by Gasteiger charge is -2.25. The van der Waals surface area contributed by atoms with Crippen molar-refractivity contribution in [3.05, 3.63) is 23.7 Å². The third kappa shape index (κ3) is 1.59. The predicted octanol–water partition coefficient (Wildman–Crippen LogP) is 2.59. The molecule has 1 spiro atoms. The van der Waals surface area contributed by atoms with E-state index in [1.165, 1.54) is 6.42 Å². The molecular weight excluding hydrogens is 218 g/mol. The summed E-state index contributed by atoms with van der Waals surface area (Å²) in [4.78, 5) is 16.5. The second kappa shape index (κ2) is 3.72. The Morgan fingerprint density at radius 3 is 2.71 bits per heavy atom. The molecule has 0 N–H and O–H groups in total. The lowest BCUT2D eigenvalue weighted by molar-refractivity contribution is -0.140. The van der Waals surface area contributed by atoms with Gasteiger partial charge in [-0.25, -0.2) is 9.79 Å². The van der Waals surface area contributed by atoms with Crippen LogP contribution in [0.1, 0.15) is 43.4 Å². The zero-order chi connectivity index (χ0) is 11.9. The minimum atomic E-state index is -0.618. The van der Waals surface area contributed by atoms with Crippen molar-refractivity contribution in [1.82, 2.24) is 0 Å². The second-order valence-corrected chi connectivity index (χ2v) is 4.83. The lowest BCUT2D eigenvalue weighted by atomic mass is 9.83. The fourth-order valence-electron chi connectivity index (χ4n) is 2.59. The van der Waals surface area contributed by atoms with Crippen molar-refractivity contribution in [2.24, 2.45) is 4.99 Å². The van der Waals surface area contributed by atoms with Crippen molar-refractivity contribution in [2.75, 3.05) is 0 Å². The van der Waals surface area contributed by atoms with Crippen LogP contribution < -0.4 is 0 Å². The van der Waals surface area contributed by atoms with E-state index in [0.29, 0.717) is 11.7 Å². The molecule has 1 aliphatic carbocycles. The van der Waals surface area contributed by atoms with Crippen LogP contribution in [0.15, 0.2) is 21.7 Å². The van der Waals surface area contributed by atoms with Crippen molar-refractivity contribution < 1.29 is 13.9 Å². The molecule has 2 aliphatic rings. The summed E-state index contributed by atoms with van der Waals surface area (Å²) in [5.41, 5.74) is 0.330. The molecule has 90 valence electrons. The number of carbonyl (C=O) groups is 1. The molecule has 17 heavy (non-hydrogen) atoms. The molecule has 1 aromatic rings. The van der Waals surface area contributed by atoms with Crippen LogP contribution in [-0.4, -0.2) is 17.4 Å². The Balaban J connectivity index is 1.96. The van der Waals surface area contributed by atoms with Gasteiger partial charge in [0.05, 0.1) is 6.26 Å². The molecule has 0 bridgehead atoms. The standard InChI is InChI=1S/C13H15NO3/c1-9-5-8-16-10(9)11-14-13(12(15)17-11)6-3-2-4-7-13/h5,8H,2-4,6-7H2,1H3. The van der Waals surface area contributed by atoms with Crippen molar-refractivity contribution in [3.8, 4) is 0 Å². The van der Waals surface area contributed by atoms with Gasteiger partial charge in [0.15, 0.2) is 11.3 Å². The Kier molecular flexibility index (Phi) is 2.31. The highest BCUT2D eigenvalue weighted by Gasteiger charge is 2.47. The van der Waals surface area contributed by atoms with E-state index in [2.05, 4.69) is 4.99 Å². The van der Waals surface area contributed by atoms with E-state index >= 15 is 0 Å². The van der Waals surface area contributed by atoms with Crippen molar-refractivity contribution in [1.29, 1.82) is 0 Å². The molecule has 2 heterocycles. The number of hydrogen-bond acceptors (Lipinski definition) is 4. The zero-order valence-electron chi connectivity index (χ0n) is 9.86. The summed E-state index contributed by atoms with van der Waals surface area (Å²) in [6, 6.07) is 1.84. The zero-order valence-corrected chi connectivity index (χ0v) is 9.86. The summed E-state index contributed by atoms with van der Waals surface area (Å²) in [5, 5.41) is 0. The first-order valence-corrected chi connectivity index (χ1v) is 6.08. The number of hydrogen-bond donors (Lipinski definition) is 0. The van der Waals surface area contributed by atoms with Crippen LogP contribution in [0, 0.1) is 6.92 Å². The molecule has 0 atom stereocenters. The number of aryl methyl sites for hydroxylation is 1. The van der Waals surface area contributed by atoms with Gasteiger partial charge in [-0.3, -0.25) is 0 Å². The van der Waals surface area contributed by atoms with Gasteiger partial charge in [0, 0.05) is 5.56 Å². The quantitative estimate of drug-likeness (QED) is 0.700.